The number of nitrogens with zero attached hydrogens (tertiary/aromatic N) is 1. The van der Waals surface area contributed by atoms with Crippen LogP contribution in [0.4, 0.5) is 5.69 Å². The Bertz CT molecular complexity index is 746. The number of carbonyl (C=O) groups is 2. The number of rotatable bonds is 6. The Morgan fingerprint density at radius 3 is 2.44 bits per heavy atom. The number of amides is 1. The van der Waals surface area contributed by atoms with Crippen molar-refractivity contribution in [2.45, 2.75) is 31.8 Å². The molecule has 0 saturated carbocycles. The van der Waals surface area contributed by atoms with Crippen molar-refractivity contribution in [2.75, 3.05) is 17.7 Å². The van der Waals surface area contributed by atoms with E-state index in [4.69, 9.17) is 4.74 Å². The molecule has 1 atom stereocenters. The molecule has 2 aromatic carbocycles. The highest BCUT2D eigenvalue weighted by atomic mass is 32.2. The normalized spacial score (nSPS) is 11.7. The first-order chi connectivity index (χ1) is 11.9. The number of anilines is 1. The SMILES string of the molecule is Cc1ccc(SCC(=O)O[C@H](C)C(=O)N(C)c2ccccc2)c(C)c1. The van der Waals surface area contributed by atoms with Gasteiger partial charge in [-0.25, -0.2) is 0 Å². The lowest BCUT2D eigenvalue weighted by Gasteiger charge is -2.21. The summed E-state index contributed by atoms with van der Waals surface area (Å²) >= 11 is 1.42. The maximum atomic E-state index is 12.4. The van der Waals surface area contributed by atoms with E-state index in [1.807, 2.05) is 56.3 Å². The van der Waals surface area contributed by atoms with Gasteiger partial charge in [-0.15, -0.1) is 11.8 Å². The Morgan fingerprint density at radius 1 is 1.12 bits per heavy atom. The fourth-order valence-electron chi connectivity index (χ4n) is 2.43. The highest BCUT2D eigenvalue weighted by molar-refractivity contribution is 8.00. The van der Waals surface area contributed by atoms with E-state index in [1.165, 1.54) is 22.2 Å². The van der Waals surface area contributed by atoms with Crippen LogP contribution < -0.4 is 4.90 Å². The summed E-state index contributed by atoms with van der Waals surface area (Å²) in [7, 11) is 1.67. The second-order valence-corrected chi connectivity index (χ2v) is 6.94. The zero-order chi connectivity index (χ0) is 18.4. The predicted octanol–water partition coefficient (Wildman–Crippen LogP) is 3.99. The largest absolute Gasteiger partial charge is 0.452 e. The number of carbonyl (C=O) groups excluding carboxylic acids is 2. The zero-order valence-electron chi connectivity index (χ0n) is 15.0. The molecular weight excluding hydrogens is 334 g/mol. The van der Waals surface area contributed by atoms with Crippen molar-refractivity contribution in [1.29, 1.82) is 0 Å². The number of ether oxygens (including phenoxy) is 1. The van der Waals surface area contributed by atoms with Crippen molar-refractivity contribution >= 4 is 29.3 Å². The lowest BCUT2D eigenvalue weighted by Crippen LogP contribution is -2.37. The van der Waals surface area contributed by atoms with E-state index >= 15 is 0 Å². The third kappa shape index (κ3) is 5.36. The number of hydrogen-bond donors (Lipinski definition) is 0. The van der Waals surface area contributed by atoms with E-state index in [1.54, 1.807) is 14.0 Å². The molecule has 0 aliphatic heterocycles. The van der Waals surface area contributed by atoms with Gasteiger partial charge in [0.25, 0.3) is 5.91 Å². The van der Waals surface area contributed by atoms with Crippen LogP contribution in [0.3, 0.4) is 0 Å². The molecule has 0 unspecified atom stereocenters. The summed E-state index contributed by atoms with van der Waals surface area (Å²) in [6.45, 7) is 5.65. The van der Waals surface area contributed by atoms with Gasteiger partial charge in [0.05, 0.1) is 5.75 Å². The van der Waals surface area contributed by atoms with Gasteiger partial charge < -0.3 is 9.64 Å². The summed E-state index contributed by atoms with van der Waals surface area (Å²) in [6, 6.07) is 15.4. The Labute approximate surface area is 153 Å². The van der Waals surface area contributed by atoms with Crippen molar-refractivity contribution in [3.8, 4) is 0 Å². The average molecular weight is 357 g/mol. The van der Waals surface area contributed by atoms with Crippen LogP contribution in [0.5, 0.6) is 0 Å². The molecule has 0 fully saturated rings. The number of hydrogen-bond acceptors (Lipinski definition) is 4. The topological polar surface area (TPSA) is 46.6 Å². The molecule has 0 N–H and O–H groups in total. The minimum absolute atomic E-state index is 0.177. The molecule has 0 spiro atoms. The summed E-state index contributed by atoms with van der Waals surface area (Å²) in [5, 5.41) is 0. The van der Waals surface area contributed by atoms with E-state index in [2.05, 4.69) is 6.07 Å². The van der Waals surface area contributed by atoms with Crippen molar-refractivity contribution in [3.63, 3.8) is 0 Å². The van der Waals surface area contributed by atoms with Crippen LogP contribution in [0.15, 0.2) is 53.4 Å². The molecule has 2 rings (SSSR count). The quantitative estimate of drug-likeness (QED) is 0.579. The van der Waals surface area contributed by atoms with Gasteiger partial charge in [-0.3, -0.25) is 9.59 Å². The number of esters is 1. The summed E-state index contributed by atoms with van der Waals surface area (Å²) in [5.74, 6) is -0.473. The minimum Gasteiger partial charge on any atom is -0.452 e. The van der Waals surface area contributed by atoms with Crippen LogP contribution in [-0.4, -0.2) is 30.8 Å². The molecule has 2 aromatic rings. The average Bonchev–Trinajstić information content (AvgIpc) is 2.60. The molecule has 0 aromatic heterocycles. The van der Waals surface area contributed by atoms with Gasteiger partial charge in [0.15, 0.2) is 6.10 Å². The van der Waals surface area contributed by atoms with E-state index < -0.39 is 12.1 Å². The molecule has 132 valence electrons. The van der Waals surface area contributed by atoms with Gasteiger partial charge in [-0.1, -0.05) is 35.9 Å². The van der Waals surface area contributed by atoms with Crippen LogP contribution in [-0.2, 0) is 14.3 Å². The van der Waals surface area contributed by atoms with Gasteiger partial charge in [0.1, 0.15) is 0 Å². The van der Waals surface area contributed by atoms with E-state index in [0.29, 0.717) is 0 Å². The van der Waals surface area contributed by atoms with Crippen molar-refractivity contribution in [1.82, 2.24) is 0 Å². The third-order valence-corrected chi connectivity index (χ3v) is 4.96. The number of thioether (sulfide) groups is 1. The molecule has 5 heteroatoms. The molecular formula is C20H23NO3S. The summed E-state index contributed by atoms with van der Waals surface area (Å²) < 4.78 is 5.29. The Kier molecular flexibility index (Phi) is 6.65. The maximum absolute atomic E-state index is 12.4. The van der Waals surface area contributed by atoms with Gasteiger partial charge in [-0.05, 0) is 44.5 Å². The lowest BCUT2D eigenvalue weighted by molar-refractivity contribution is -0.151. The van der Waals surface area contributed by atoms with Crippen LogP contribution >= 0.6 is 11.8 Å². The highest BCUT2D eigenvalue weighted by Gasteiger charge is 2.22. The van der Waals surface area contributed by atoms with E-state index in [0.717, 1.165) is 16.1 Å². The van der Waals surface area contributed by atoms with E-state index in [9.17, 15) is 9.59 Å². The monoisotopic (exact) mass is 357 g/mol. The van der Waals surface area contributed by atoms with Gasteiger partial charge >= 0.3 is 5.97 Å². The standard InChI is InChI=1S/C20H23NO3S/c1-14-10-11-18(15(2)12-14)25-13-19(22)24-16(3)20(23)21(4)17-8-6-5-7-9-17/h5-12,16H,13H2,1-4H3/t16-/m1/s1. The predicted molar refractivity (Wildman–Crippen MR) is 102 cm³/mol. The number of benzene rings is 2. The molecule has 0 bridgehead atoms. The summed E-state index contributed by atoms with van der Waals surface area (Å²) in [6.07, 6.45) is -0.822. The first kappa shape index (κ1) is 19.1. The number of likely N-dealkylation sites (N-methyl/N-ethyl adjacent to an activating group) is 1. The fourth-order valence-corrected chi connectivity index (χ4v) is 3.22. The molecule has 0 aliphatic carbocycles. The molecule has 0 radical (unpaired) electrons. The van der Waals surface area contributed by atoms with Crippen LogP contribution in [0.25, 0.3) is 0 Å². The van der Waals surface area contributed by atoms with Crippen LogP contribution in [0.2, 0.25) is 0 Å². The first-order valence-corrected chi connectivity index (χ1v) is 9.09. The summed E-state index contributed by atoms with van der Waals surface area (Å²) in [4.78, 5) is 27.0. The Balaban J connectivity index is 1.88. The third-order valence-electron chi connectivity index (χ3n) is 3.81. The maximum Gasteiger partial charge on any atom is 0.317 e. The fraction of sp³-hybridized carbons (Fsp3) is 0.300. The lowest BCUT2D eigenvalue weighted by atomic mass is 10.2. The molecule has 0 saturated heterocycles. The van der Waals surface area contributed by atoms with Crippen LogP contribution in [0, 0.1) is 13.8 Å². The number of para-hydroxylation sites is 1. The van der Waals surface area contributed by atoms with Gasteiger partial charge in [0.2, 0.25) is 0 Å². The number of aryl methyl sites for hydroxylation is 2. The molecule has 0 heterocycles. The second-order valence-electron chi connectivity index (χ2n) is 5.92. The first-order valence-electron chi connectivity index (χ1n) is 8.10. The molecule has 4 nitrogen and oxygen atoms in total. The van der Waals surface area contributed by atoms with Crippen LogP contribution in [0.1, 0.15) is 18.1 Å². The minimum atomic E-state index is -0.822. The van der Waals surface area contributed by atoms with Gasteiger partial charge in [-0.2, -0.15) is 0 Å². The second kappa shape index (κ2) is 8.72. The zero-order valence-corrected chi connectivity index (χ0v) is 15.8. The Morgan fingerprint density at radius 2 is 1.80 bits per heavy atom. The van der Waals surface area contributed by atoms with E-state index in [-0.39, 0.29) is 11.7 Å². The highest BCUT2D eigenvalue weighted by Crippen LogP contribution is 2.23. The molecule has 0 aliphatic rings. The molecule has 1 amide bonds. The molecule has 25 heavy (non-hydrogen) atoms. The van der Waals surface area contributed by atoms with Crippen molar-refractivity contribution in [2.24, 2.45) is 0 Å². The van der Waals surface area contributed by atoms with Gasteiger partial charge in [0, 0.05) is 17.6 Å². The summed E-state index contributed by atoms with van der Waals surface area (Å²) in [5.41, 5.74) is 3.08. The Hall–Kier alpha value is -2.27. The van der Waals surface area contributed by atoms with Crippen molar-refractivity contribution < 1.29 is 14.3 Å². The van der Waals surface area contributed by atoms with Crippen molar-refractivity contribution in [3.05, 3.63) is 59.7 Å². The smallest absolute Gasteiger partial charge is 0.317 e.